The number of piperidine rings is 1. The Balaban J connectivity index is 0.000000399. The van der Waals surface area contributed by atoms with Crippen molar-refractivity contribution in [3.63, 3.8) is 0 Å². The largest absolute Gasteiger partial charge is 0.481 e. The summed E-state index contributed by atoms with van der Waals surface area (Å²) in [5, 5.41) is 28.8. The molecule has 19 heavy (non-hydrogen) atoms. The van der Waals surface area contributed by atoms with Crippen LogP contribution in [0.2, 0.25) is 0 Å². The summed E-state index contributed by atoms with van der Waals surface area (Å²) in [6.07, 6.45) is 3.05. The number of aliphatic hydroxyl groups is 1. The standard InChI is InChI=1S/C9H19NO2.C5H10O2/c1-8(2)5-7(11)6-9(3,4)10(8)12;1-2-3-4-5(6)7/h7,11-12H,5-6H2,1-4H3;2-4H2,1H3,(H,6,7). The van der Waals surface area contributed by atoms with Gasteiger partial charge in [-0.3, -0.25) is 4.79 Å². The van der Waals surface area contributed by atoms with E-state index in [2.05, 4.69) is 0 Å². The van der Waals surface area contributed by atoms with E-state index < -0.39 is 5.97 Å². The van der Waals surface area contributed by atoms with E-state index in [1.807, 2.05) is 34.6 Å². The van der Waals surface area contributed by atoms with Gasteiger partial charge in [-0.2, -0.15) is 5.06 Å². The van der Waals surface area contributed by atoms with Crippen LogP contribution in [0.5, 0.6) is 0 Å². The molecule has 0 radical (unpaired) electrons. The molecule has 0 unspecified atom stereocenters. The SMILES string of the molecule is CC1(C)CC(O)CC(C)(C)N1O.CCCCC(=O)O. The maximum absolute atomic E-state index is 9.80. The van der Waals surface area contributed by atoms with Crippen LogP contribution in [0.4, 0.5) is 0 Å². The summed E-state index contributed by atoms with van der Waals surface area (Å²) in [5.74, 6) is -0.693. The van der Waals surface area contributed by atoms with E-state index in [0.29, 0.717) is 19.3 Å². The molecule has 3 N–H and O–H groups in total. The average Bonchev–Trinajstić information content (AvgIpc) is 2.22. The molecular weight excluding hydrogens is 246 g/mol. The zero-order valence-corrected chi connectivity index (χ0v) is 12.8. The number of rotatable bonds is 3. The number of aliphatic carboxylic acids is 1. The zero-order chi connectivity index (χ0) is 15.3. The number of carboxylic acids is 1. The number of hydrogen-bond donors (Lipinski definition) is 3. The molecule has 114 valence electrons. The van der Waals surface area contributed by atoms with E-state index >= 15 is 0 Å². The highest BCUT2D eigenvalue weighted by atomic mass is 16.5. The minimum Gasteiger partial charge on any atom is -0.481 e. The lowest BCUT2D eigenvalue weighted by Gasteiger charge is -2.50. The molecule has 1 saturated heterocycles. The number of unbranched alkanes of at least 4 members (excludes halogenated alkanes) is 1. The molecule has 5 heteroatoms. The van der Waals surface area contributed by atoms with E-state index in [1.54, 1.807) is 0 Å². The van der Waals surface area contributed by atoms with Crippen molar-refractivity contribution in [3.8, 4) is 0 Å². The summed E-state index contributed by atoms with van der Waals surface area (Å²) < 4.78 is 0. The molecule has 0 aromatic rings. The predicted octanol–water partition coefficient (Wildman–Crippen LogP) is 2.65. The van der Waals surface area contributed by atoms with Crippen LogP contribution in [0.15, 0.2) is 0 Å². The Morgan fingerprint density at radius 3 is 1.89 bits per heavy atom. The van der Waals surface area contributed by atoms with Gasteiger partial charge < -0.3 is 15.4 Å². The Hall–Kier alpha value is -0.650. The average molecular weight is 275 g/mol. The van der Waals surface area contributed by atoms with E-state index in [9.17, 15) is 15.1 Å². The maximum Gasteiger partial charge on any atom is 0.303 e. The number of nitrogens with zero attached hydrogens (tertiary/aromatic N) is 1. The second kappa shape index (κ2) is 7.22. The van der Waals surface area contributed by atoms with Crippen LogP contribution in [0, 0.1) is 0 Å². The minimum absolute atomic E-state index is 0.293. The van der Waals surface area contributed by atoms with Gasteiger partial charge in [0.1, 0.15) is 0 Å². The Morgan fingerprint density at radius 1 is 1.21 bits per heavy atom. The van der Waals surface area contributed by atoms with Crippen molar-refractivity contribution >= 4 is 5.97 Å². The van der Waals surface area contributed by atoms with E-state index in [1.165, 1.54) is 5.06 Å². The summed E-state index contributed by atoms with van der Waals surface area (Å²) in [5.41, 5.74) is -0.637. The molecule has 0 atom stereocenters. The number of carboxylic acid groups (broad SMARTS) is 1. The van der Waals surface area contributed by atoms with Crippen molar-refractivity contribution in [3.05, 3.63) is 0 Å². The number of aliphatic hydroxyl groups excluding tert-OH is 1. The first-order valence-corrected chi connectivity index (χ1v) is 6.92. The molecule has 1 heterocycles. The second-order valence-electron chi connectivity index (χ2n) is 6.50. The third-order valence-corrected chi connectivity index (χ3v) is 3.36. The van der Waals surface area contributed by atoms with Crippen molar-refractivity contribution in [2.75, 3.05) is 0 Å². The Kier molecular flexibility index (Phi) is 6.97. The van der Waals surface area contributed by atoms with Gasteiger partial charge in [0, 0.05) is 17.5 Å². The monoisotopic (exact) mass is 275 g/mol. The molecule has 0 aromatic heterocycles. The fourth-order valence-electron chi connectivity index (χ4n) is 2.55. The molecule has 1 aliphatic heterocycles. The quantitative estimate of drug-likeness (QED) is 0.737. The van der Waals surface area contributed by atoms with Crippen molar-refractivity contribution in [2.24, 2.45) is 0 Å². The van der Waals surface area contributed by atoms with Crippen molar-refractivity contribution in [2.45, 2.75) is 83.9 Å². The van der Waals surface area contributed by atoms with Crippen LogP contribution in [0.1, 0.15) is 66.7 Å². The van der Waals surface area contributed by atoms with Gasteiger partial charge in [-0.25, -0.2) is 0 Å². The molecule has 0 spiro atoms. The van der Waals surface area contributed by atoms with Crippen LogP contribution in [-0.2, 0) is 4.79 Å². The highest BCUT2D eigenvalue weighted by Gasteiger charge is 2.44. The van der Waals surface area contributed by atoms with Gasteiger partial charge in [0.05, 0.1) is 6.10 Å². The maximum atomic E-state index is 9.80. The summed E-state index contributed by atoms with van der Waals surface area (Å²) in [4.78, 5) is 9.76. The molecule has 0 amide bonds. The summed E-state index contributed by atoms with van der Waals surface area (Å²) in [6.45, 7) is 9.74. The van der Waals surface area contributed by atoms with Gasteiger partial charge >= 0.3 is 5.97 Å². The lowest BCUT2D eigenvalue weighted by atomic mass is 9.80. The molecular formula is C14H29NO4. The lowest BCUT2D eigenvalue weighted by Crippen LogP contribution is -2.60. The fourth-order valence-corrected chi connectivity index (χ4v) is 2.55. The summed E-state index contributed by atoms with van der Waals surface area (Å²) in [7, 11) is 0. The van der Waals surface area contributed by atoms with Gasteiger partial charge in [-0.15, -0.1) is 0 Å². The Morgan fingerprint density at radius 2 is 1.63 bits per heavy atom. The number of hydroxylamine groups is 2. The normalized spacial score (nSPS) is 22.5. The number of carbonyl (C=O) groups is 1. The van der Waals surface area contributed by atoms with Crippen molar-refractivity contribution in [1.82, 2.24) is 5.06 Å². The van der Waals surface area contributed by atoms with Crippen molar-refractivity contribution in [1.29, 1.82) is 0 Å². The second-order valence-corrected chi connectivity index (χ2v) is 6.50. The van der Waals surface area contributed by atoms with Crippen LogP contribution < -0.4 is 0 Å². The zero-order valence-electron chi connectivity index (χ0n) is 12.8. The predicted molar refractivity (Wildman–Crippen MR) is 74.2 cm³/mol. The molecule has 1 rings (SSSR count). The first-order chi connectivity index (χ1) is 8.53. The lowest BCUT2D eigenvalue weighted by molar-refractivity contribution is -0.257. The molecule has 5 nitrogen and oxygen atoms in total. The van der Waals surface area contributed by atoms with Gasteiger partial charge in [0.25, 0.3) is 0 Å². The van der Waals surface area contributed by atoms with E-state index in [4.69, 9.17) is 5.11 Å². The van der Waals surface area contributed by atoms with Crippen LogP contribution in [-0.4, -0.2) is 43.6 Å². The molecule has 0 aromatic carbocycles. The topological polar surface area (TPSA) is 81.0 Å². The smallest absolute Gasteiger partial charge is 0.303 e. The first kappa shape index (κ1) is 18.4. The van der Waals surface area contributed by atoms with Gasteiger partial charge in [0.2, 0.25) is 0 Å². The third-order valence-electron chi connectivity index (χ3n) is 3.36. The molecule has 0 aliphatic carbocycles. The van der Waals surface area contributed by atoms with E-state index in [-0.39, 0.29) is 17.2 Å². The summed E-state index contributed by atoms with van der Waals surface area (Å²) in [6, 6.07) is 0. The number of hydrogen-bond acceptors (Lipinski definition) is 4. The van der Waals surface area contributed by atoms with Gasteiger partial charge in [-0.05, 0) is 47.0 Å². The summed E-state index contributed by atoms with van der Waals surface area (Å²) >= 11 is 0. The molecule has 0 saturated carbocycles. The van der Waals surface area contributed by atoms with E-state index in [0.717, 1.165) is 12.8 Å². The molecule has 1 aliphatic rings. The molecule has 1 fully saturated rings. The third kappa shape index (κ3) is 6.36. The highest BCUT2D eigenvalue weighted by Crippen LogP contribution is 2.36. The van der Waals surface area contributed by atoms with Crippen LogP contribution in [0.25, 0.3) is 0 Å². The first-order valence-electron chi connectivity index (χ1n) is 6.92. The van der Waals surface area contributed by atoms with Gasteiger partial charge in [0.15, 0.2) is 0 Å². The van der Waals surface area contributed by atoms with Crippen LogP contribution in [0.3, 0.4) is 0 Å². The highest BCUT2D eigenvalue weighted by molar-refractivity contribution is 5.66. The van der Waals surface area contributed by atoms with Crippen LogP contribution >= 0.6 is 0 Å². The molecule has 0 bridgehead atoms. The Bertz CT molecular complexity index is 271. The van der Waals surface area contributed by atoms with Crippen molar-refractivity contribution < 1.29 is 20.2 Å². The van der Waals surface area contributed by atoms with Gasteiger partial charge in [-0.1, -0.05) is 13.3 Å². The minimum atomic E-state index is -0.693. The Labute approximate surface area is 116 Å². The fraction of sp³-hybridized carbons (Fsp3) is 0.929.